The Morgan fingerprint density at radius 1 is 1.11 bits per heavy atom. The van der Waals surface area contributed by atoms with E-state index in [0.29, 0.717) is 0 Å². The second-order valence-corrected chi connectivity index (χ2v) is 6.41. The fourth-order valence-electron chi connectivity index (χ4n) is 2.49. The molecule has 1 aromatic rings. The van der Waals surface area contributed by atoms with Crippen LogP contribution in [-0.4, -0.2) is 36.9 Å². The molecule has 3 nitrogen and oxygen atoms in total. The van der Waals surface area contributed by atoms with Crippen molar-refractivity contribution in [1.82, 2.24) is 4.90 Å². The van der Waals surface area contributed by atoms with Gasteiger partial charge in [-0.05, 0) is 24.6 Å². The SMILES string of the molecule is Cc1cccc(N2CCN(C(=N)C(C)(C)C)CC2)c1. The van der Waals surface area contributed by atoms with Crippen molar-refractivity contribution in [2.45, 2.75) is 27.7 Å². The second-order valence-electron chi connectivity index (χ2n) is 6.41. The number of hydrogen-bond acceptors (Lipinski definition) is 2. The van der Waals surface area contributed by atoms with Crippen LogP contribution >= 0.6 is 0 Å². The zero-order valence-electron chi connectivity index (χ0n) is 12.5. The van der Waals surface area contributed by atoms with Crippen LogP contribution in [-0.2, 0) is 0 Å². The monoisotopic (exact) mass is 259 g/mol. The maximum atomic E-state index is 8.25. The molecule has 1 fully saturated rings. The van der Waals surface area contributed by atoms with Crippen LogP contribution in [0, 0.1) is 17.7 Å². The van der Waals surface area contributed by atoms with Gasteiger partial charge in [0.15, 0.2) is 0 Å². The number of nitrogens with one attached hydrogen (secondary N) is 1. The minimum atomic E-state index is -0.0501. The first kappa shape index (κ1) is 13.9. The van der Waals surface area contributed by atoms with Crippen molar-refractivity contribution in [3.63, 3.8) is 0 Å². The number of benzene rings is 1. The van der Waals surface area contributed by atoms with E-state index in [2.05, 4.69) is 61.8 Å². The molecule has 1 N–H and O–H groups in total. The first-order chi connectivity index (χ1) is 8.88. The van der Waals surface area contributed by atoms with Crippen molar-refractivity contribution in [1.29, 1.82) is 5.41 Å². The van der Waals surface area contributed by atoms with Crippen LogP contribution in [0.4, 0.5) is 5.69 Å². The molecule has 0 saturated carbocycles. The summed E-state index contributed by atoms with van der Waals surface area (Å²) >= 11 is 0. The van der Waals surface area contributed by atoms with Gasteiger partial charge in [0.05, 0.1) is 0 Å². The van der Waals surface area contributed by atoms with Crippen molar-refractivity contribution in [3.05, 3.63) is 29.8 Å². The van der Waals surface area contributed by atoms with Gasteiger partial charge in [-0.25, -0.2) is 0 Å². The maximum absolute atomic E-state index is 8.25. The molecule has 1 aromatic carbocycles. The van der Waals surface area contributed by atoms with E-state index in [4.69, 9.17) is 5.41 Å². The van der Waals surface area contributed by atoms with E-state index in [0.717, 1.165) is 32.0 Å². The predicted molar refractivity (Wildman–Crippen MR) is 82.1 cm³/mol. The van der Waals surface area contributed by atoms with Gasteiger partial charge in [-0.3, -0.25) is 5.41 Å². The van der Waals surface area contributed by atoms with Crippen LogP contribution < -0.4 is 4.90 Å². The molecule has 1 saturated heterocycles. The third-order valence-corrected chi connectivity index (χ3v) is 3.67. The number of aryl methyl sites for hydroxylation is 1. The number of amidine groups is 1. The van der Waals surface area contributed by atoms with Crippen molar-refractivity contribution in [2.24, 2.45) is 5.41 Å². The summed E-state index contributed by atoms with van der Waals surface area (Å²) in [5, 5.41) is 8.25. The molecule has 104 valence electrons. The Balaban J connectivity index is 1.98. The Bertz CT molecular complexity index is 451. The highest BCUT2D eigenvalue weighted by Gasteiger charge is 2.26. The lowest BCUT2D eigenvalue weighted by atomic mass is 9.93. The Morgan fingerprint density at radius 2 is 1.74 bits per heavy atom. The maximum Gasteiger partial charge on any atom is 0.101 e. The second kappa shape index (κ2) is 5.24. The average molecular weight is 259 g/mol. The van der Waals surface area contributed by atoms with Crippen LogP contribution in [0.1, 0.15) is 26.3 Å². The average Bonchev–Trinajstić information content (AvgIpc) is 2.37. The van der Waals surface area contributed by atoms with Crippen molar-refractivity contribution < 1.29 is 0 Å². The lowest BCUT2D eigenvalue weighted by molar-refractivity contribution is 0.343. The summed E-state index contributed by atoms with van der Waals surface area (Å²) < 4.78 is 0. The number of nitrogens with zero attached hydrogens (tertiary/aromatic N) is 2. The fraction of sp³-hybridized carbons (Fsp3) is 0.562. The van der Waals surface area contributed by atoms with Gasteiger partial charge >= 0.3 is 0 Å². The number of hydrogen-bond donors (Lipinski definition) is 1. The molecule has 0 aliphatic carbocycles. The molecule has 0 radical (unpaired) electrons. The summed E-state index contributed by atoms with van der Waals surface area (Å²) in [5.74, 6) is 0.761. The molecule has 0 aromatic heterocycles. The normalized spacial score (nSPS) is 16.6. The van der Waals surface area contributed by atoms with Gasteiger partial charge in [-0.2, -0.15) is 0 Å². The lowest BCUT2D eigenvalue weighted by Gasteiger charge is -2.40. The van der Waals surface area contributed by atoms with Crippen LogP contribution in [0.5, 0.6) is 0 Å². The molecule has 3 heteroatoms. The van der Waals surface area contributed by atoms with Gasteiger partial charge in [-0.15, -0.1) is 0 Å². The van der Waals surface area contributed by atoms with Gasteiger partial charge in [0.25, 0.3) is 0 Å². The Hall–Kier alpha value is -1.51. The zero-order chi connectivity index (χ0) is 14.0. The van der Waals surface area contributed by atoms with E-state index in [1.54, 1.807) is 0 Å². The molecule has 2 rings (SSSR count). The van der Waals surface area contributed by atoms with Gasteiger partial charge in [-0.1, -0.05) is 32.9 Å². The molecule has 1 aliphatic rings. The number of piperazine rings is 1. The molecule has 0 spiro atoms. The summed E-state index contributed by atoms with van der Waals surface area (Å²) in [7, 11) is 0. The third kappa shape index (κ3) is 3.28. The quantitative estimate of drug-likeness (QED) is 0.620. The fourth-order valence-corrected chi connectivity index (χ4v) is 2.49. The first-order valence-electron chi connectivity index (χ1n) is 7.03. The summed E-state index contributed by atoms with van der Waals surface area (Å²) in [6, 6.07) is 8.67. The molecular formula is C16H25N3. The van der Waals surface area contributed by atoms with E-state index in [1.807, 2.05) is 0 Å². The summed E-state index contributed by atoms with van der Waals surface area (Å²) in [6.07, 6.45) is 0. The standard InChI is InChI=1S/C16H25N3/c1-13-6-5-7-14(12-13)18-8-10-19(11-9-18)15(17)16(2,3)4/h5-7,12,17H,8-11H2,1-4H3. The van der Waals surface area contributed by atoms with Crippen LogP contribution in [0.2, 0.25) is 0 Å². The first-order valence-corrected chi connectivity index (χ1v) is 7.03. The third-order valence-electron chi connectivity index (χ3n) is 3.67. The summed E-state index contributed by atoms with van der Waals surface area (Å²) in [5.41, 5.74) is 2.57. The highest BCUT2D eigenvalue weighted by molar-refractivity contribution is 5.84. The molecule has 1 heterocycles. The Labute approximate surface area is 116 Å². The molecular weight excluding hydrogens is 234 g/mol. The van der Waals surface area contributed by atoms with E-state index >= 15 is 0 Å². The van der Waals surface area contributed by atoms with Gasteiger partial charge in [0, 0.05) is 37.3 Å². The van der Waals surface area contributed by atoms with Gasteiger partial charge in [0.1, 0.15) is 5.84 Å². The topological polar surface area (TPSA) is 30.3 Å². The van der Waals surface area contributed by atoms with Gasteiger partial charge in [0.2, 0.25) is 0 Å². The van der Waals surface area contributed by atoms with E-state index < -0.39 is 0 Å². The molecule has 0 amide bonds. The molecule has 0 unspecified atom stereocenters. The molecule has 1 aliphatic heterocycles. The van der Waals surface area contributed by atoms with Crippen molar-refractivity contribution in [2.75, 3.05) is 31.1 Å². The lowest BCUT2D eigenvalue weighted by Crippen LogP contribution is -2.51. The highest BCUT2D eigenvalue weighted by atomic mass is 15.3. The molecule has 0 atom stereocenters. The smallest absolute Gasteiger partial charge is 0.101 e. The minimum absolute atomic E-state index is 0.0501. The Morgan fingerprint density at radius 3 is 2.26 bits per heavy atom. The van der Waals surface area contributed by atoms with Crippen LogP contribution in [0.15, 0.2) is 24.3 Å². The number of rotatable bonds is 1. The summed E-state index contributed by atoms with van der Waals surface area (Å²) in [4.78, 5) is 4.63. The largest absolute Gasteiger partial charge is 0.368 e. The van der Waals surface area contributed by atoms with Crippen LogP contribution in [0.25, 0.3) is 0 Å². The molecule has 19 heavy (non-hydrogen) atoms. The van der Waals surface area contributed by atoms with E-state index in [1.165, 1.54) is 11.3 Å². The van der Waals surface area contributed by atoms with E-state index in [9.17, 15) is 0 Å². The van der Waals surface area contributed by atoms with Crippen molar-refractivity contribution >= 4 is 11.5 Å². The highest BCUT2D eigenvalue weighted by Crippen LogP contribution is 2.22. The number of anilines is 1. The van der Waals surface area contributed by atoms with Gasteiger partial charge < -0.3 is 9.80 Å². The van der Waals surface area contributed by atoms with Crippen molar-refractivity contribution in [3.8, 4) is 0 Å². The minimum Gasteiger partial charge on any atom is -0.368 e. The molecule has 0 bridgehead atoms. The van der Waals surface area contributed by atoms with E-state index in [-0.39, 0.29) is 5.41 Å². The summed E-state index contributed by atoms with van der Waals surface area (Å²) in [6.45, 7) is 12.4. The van der Waals surface area contributed by atoms with Crippen LogP contribution in [0.3, 0.4) is 0 Å². The predicted octanol–water partition coefficient (Wildman–Crippen LogP) is 3.14. The Kier molecular flexibility index (Phi) is 3.83. The zero-order valence-corrected chi connectivity index (χ0v) is 12.5.